The minimum Gasteiger partial charge on any atom is -0.370 e. The van der Waals surface area contributed by atoms with Gasteiger partial charge in [0.15, 0.2) is 5.96 Å². The van der Waals surface area contributed by atoms with Gasteiger partial charge in [-0.3, -0.25) is 4.99 Å². The summed E-state index contributed by atoms with van der Waals surface area (Å²) in [7, 11) is 2.13. The Labute approximate surface area is 159 Å². The first-order valence-electron chi connectivity index (χ1n) is 7.19. The molecule has 2 unspecified atom stereocenters. The lowest BCUT2D eigenvalue weighted by molar-refractivity contribution is 0.317. The molecule has 1 saturated heterocycles. The van der Waals surface area contributed by atoms with Gasteiger partial charge in [-0.1, -0.05) is 29.3 Å². The number of halogens is 3. The minimum atomic E-state index is -0.0141. The molecule has 4 nitrogen and oxygen atoms in total. The fraction of sp³-hybridized carbons (Fsp3) is 0.533. The molecule has 22 heavy (non-hydrogen) atoms. The van der Waals surface area contributed by atoms with Gasteiger partial charge in [0.1, 0.15) is 0 Å². The molecule has 0 amide bonds. The van der Waals surface area contributed by atoms with Crippen LogP contribution in [0.25, 0.3) is 0 Å². The third kappa shape index (κ3) is 5.44. The van der Waals surface area contributed by atoms with Crippen molar-refractivity contribution in [2.45, 2.75) is 31.8 Å². The highest BCUT2D eigenvalue weighted by molar-refractivity contribution is 14.0. The van der Waals surface area contributed by atoms with E-state index in [0.717, 1.165) is 18.7 Å². The van der Waals surface area contributed by atoms with Gasteiger partial charge in [0.2, 0.25) is 0 Å². The van der Waals surface area contributed by atoms with E-state index in [-0.39, 0.29) is 30.0 Å². The maximum absolute atomic E-state index is 6.20. The zero-order valence-corrected chi connectivity index (χ0v) is 16.7. The quantitative estimate of drug-likeness (QED) is 0.413. The highest BCUT2D eigenvalue weighted by atomic mass is 127. The van der Waals surface area contributed by atoms with Crippen LogP contribution in [0.2, 0.25) is 10.0 Å². The molecule has 1 aromatic rings. The number of likely N-dealkylation sites (N-methyl/N-ethyl adjacent to an activating group) is 1. The topological polar surface area (TPSA) is 53.6 Å². The molecule has 1 fully saturated rings. The van der Waals surface area contributed by atoms with Crippen LogP contribution in [0, 0.1) is 0 Å². The molecular weight excluding hydrogens is 434 g/mol. The SMILES string of the molecule is CC(NC(N)=NCC1CCCN1C)c1ccc(Cl)cc1Cl.I. The first-order valence-corrected chi connectivity index (χ1v) is 7.94. The predicted molar refractivity (Wildman–Crippen MR) is 106 cm³/mol. The third-order valence-corrected chi connectivity index (χ3v) is 4.50. The Morgan fingerprint density at radius 2 is 2.23 bits per heavy atom. The molecule has 0 radical (unpaired) electrons. The molecule has 0 saturated carbocycles. The molecule has 3 N–H and O–H groups in total. The fourth-order valence-corrected chi connectivity index (χ4v) is 3.18. The summed E-state index contributed by atoms with van der Waals surface area (Å²) in [6.45, 7) is 3.87. The highest BCUT2D eigenvalue weighted by Gasteiger charge is 2.20. The molecule has 1 heterocycles. The van der Waals surface area contributed by atoms with Crippen molar-refractivity contribution < 1.29 is 0 Å². The van der Waals surface area contributed by atoms with Gasteiger partial charge in [-0.05, 0) is 51.1 Å². The van der Waals surface area contributed by atoms with Crippen LogP contribution >= 0.6 is 47.2 Å². The Bertz CT molecular complexity index is 524. The number of nitrogens with one attached hydrogen (secondary N) is 1. The lowest BCUT2D eigenvalue weighted by Crippen LogP contribution is -2.36. The van der Waals surface area contributed by atoms with Crippen LogP contribution in [0.1, 0.15) is 31.4 Å². The summed E-state index contributed by atoms with van der Waals surface area (Å²) < 4.78 is 0. The second kappa shape index (κ2) is 9.15. The van der Waals surface area contributed by atoms with Crippen molar-refractivity contribution in [2.75, 3.05) is 20.1 Å². The third-order valence-electron chi connectivity index (χ3n) is 3.94. The van der Waals surface area contributed by atoms with Crippen LogP contribution in [0.4, 0.5) is 0 Å². The lowest BCUT2D eigenvalue weighted by atomic mass is 10.1. The molecule has 1 aromatic carbocycles. The zero-order chi connectivity index (χ0) is 15.4. The van der Waals surface area contributed by atoms with Gasteiger partial charge < -0.3 is 16.0 Å². The van der Waals surface area contributed by atoms with Crippen molar-refractivity contribution in [1.29, 1.82) is 0 Å². The molecule has 1 aliphatic heterocycles. The number of guanidine groups is 1. The number of aliphatic imine (C=N–C) groups is 1. The Hall–Kier alpha value is -0.240. The molecule has 2 atom stereocenters. The maximum Gasteiger partial charge on any atom is 0.189 e. The Balaban J connectivity index is 0.00000242. The molecule has 0 spiro atoms. The van der Waals surface area contributed by atoms with Crippen LogP contribution in [0.3, 0.4) is 0 Å². The van der Waals surface area contributed by atoms with E-state index >= 15 is 0 Å². The monoisotopic (exact) mass is 456 g/mol. The van der Waals surface area contributed by atoms with Crippen molar-refractivity contribution >= 4 is 53.1 Å². The first kappa shape index (κ1) is 19.8. The van der Waals surface area contributed by atoms with E-state index in [9.17, 15) is 0 Å². The van der Waals surface area contributed by atoms with Crippen molar-refractivity contribution in [1.82, 2.24) is 10.2 Å². The van der Waals surface area contributed by atoms with E-state index in [2.05, 4.69) is 22.3 Å². The molecule has 1 aliphatic rings. The van der Waals surface area contributed by atoms with Gasteiger partial charge in [-0.15, -0.1) is 24.0 Å². The molecule has 0 aliphatic carbocycles. The normalized spacial score (nSPS) is 20.5. The number of hydrogen-bond donors (Lipinski definition) is 2. The summed E-state index contributed by atoms with van der Waals surface area (Å²) in [5.74, 6) is 0.453. The first-order chi connectivity index (χ1) is 9.97. The number of hydrogen-bond acceptors (Lipinski definition) is 2. The molecule has 2 rings (SSSR count). The summed E-state index contributed by atoms with van der Waals surface area (Å²) in [4.78, 5) is 6.77. The molecular formula is C15H23Cl2IN4. The van der Waals surface area contributed by atoms with E-state index in [1.165, 1.54) is 12.8 Å². The smallest absolute Gasteiger partial charge is 0.189 e. The van der Waals surface area contributed by atoms with Crippen LogP contribution in [0.5, 0.6) is 0 Å². The largest absolute Gasteiger partial charge is 0.370 e. The summed E-state index contributed by atoms with van der Waals surface area (Å²) in [6.07, 6.45) is 2.42. The Morgan fingerprint density at radius 1 is 1.50 bits per heavy atom. The zero-order valence-electron chi connectivity index (χ0n) is 12.9. The van der Waals surface area contributed by atoms with Crippen LogP contribution in [-0.4, -0.2) is 37.0 Å². The minimum absolute atomic E-state index is 0. The fourth-order valence-electron chi connectivity index (χ4n) is 2.61. The van der Waals surface area contributed by atoms with Gasteiger partial charge >= 0.3 is 0 Å². The molecule has 0 bridgehead atoms. The average molecular weight is 457 g/mol. The van der Waals surface area contributed by atoms with E-state index in [4.69, 9.17) is 28.9 Å². The number of nitrogens with two attached hydrogens (primary N) is 1. The molecule has 7 heteroatoms. The predicted octanol–water partition coefficient (Wildman–Crippen LogP) is 3.67. The van der Waals surface area contributed by atoms with Crippen LogP contribution in [-0.2, 0) is 0 Å². The van der Waals surface area contributed by atoms with Gasteiger partial charge in [0.05, 0.1) is 12.6 Å². The van der Waals surface area contributed by atoms with Crippen molar-refractivity contribution in [3.8, 4) is 0 Å². The Morgan fingerprint density at radius 3 is 2.82 bits per heavy atom. The lowest BCUT2D eigenvalue weighted by Gasteiger charge is -2.19. The van der Waals surface area contributed by atoms with Gasteiger partial charge in [-0.2, -0.15) is 0 Å². The van der Waals surface area contributed by atoms with E-state index < -0.39 is 0 Å². The van der Waals surface area contributed by atoms with Gasteiger partial charge in [0, 0.05) is 16.1 Å². The summed E-state index contributed by atoms with van der Waals surface area (Å²) in [5, 5.41) is 4.43. The van der Waals surface area contributed by atoms with E-state index in [1.54, 1.807) is 6.07 Å². The van der Waals surface area contributed by atoms with E-state index in [0.29, 0.717) is 22.0 Å². The van der Waals surface area contributed by atoms with Crippen molar-refractivity contribution in [2.24, 2.45) is 10.7 Å². The standard InChI is InChI=1S/C15H22Cl2N4.HI/c1-10(13-6-5-11(16)8-14(13)17)20-15(18)19-9-12-4-3-7-21(12)2;/h5-6,8,10,12H,3-4,7,9H2,1-2H3,(H3,18,19,20);1H. The van der Waals surface area contributed by atoms with Gasteiger partial charge in [0.25, 0.3) is 0 Å². The summed E-state index contributed by atoms with van der Waals surface area (Å²) in [6, 6.07) is 5.94. The molecule has 0 aromatic heterocycles. The number of rotatable bonds is 4. The second-order valence-corrected chi connectivity index (χ2v) is 6.38. The molecule has 124 valence electrons. The summed E-state index contributed by atoms with van der Waals surface area (Å²) >= 11 is 12.1. The van der Waals surface area contributed by atoms with Crippen molar-refractivity contribution in [3.63, 3.8) is 0 Å². The number of likely N-dealkylation sites (tertiary alicyclic amines) is 1. The Kier molecular flexibility index (Phi) is 8.24. The highest BCUT2D eigenvalue weighted by Crippen LogP contribution is 2.25. The number of nitrogens with zero attached hydrogens (tertiary/aromatic N) is 2. The average Bonchev–Trinajstić information content (AvgIpc) is 2.81. The van der Waals surface area contributed by atoms with E-state index in [1.807, 2.05) is 19.1 Å². The number of benzene rings is 1. The maximum atomic E-state index is 6.20. The summed E-state index contributed by atoms with van der Waals surface area (Å²) in [5.41, 5.74) is 6.92. The second-order valence-electron chi connectivity index (χ2n) is 5.53. The van der Waals surface area contributed by atoms with Crippen LogP contribution < -0.4 is 11.1 Å². The van der Waals surface area contributed by atoms with Crippen molar-refractivity contribution in [3.05, 3.63) is 33.8 Å². The van der Waals surface area contributed by atoms with Crippen LogP contribution in [0.15, 0.2) is 23.2 Å². The van der Waals surface area contributed by atoms with Gasteiger partial charge in [-0.25, -0.2) is 0 Å².